The van der Waals surface area contributed by atoms with Gasteiger partial charge in [-0.05, 0) is 13.8 Å². The fourth-order valence-electron chi connectivity index (χ4n) is 1.26. The minimum absolute atomic E-state index is 0.0924. The van der Waals surface area contributed by atoms with E-state index in [-0.39, 0.29) is 23.7 Å². The van der Waals surface area contributed by atoms with Gasteiger partial charge >= 0.3 is 10.8 Å². The molecular formula is C10H14N2O4S. The van der Waals surface area contributed by atoms with Crippen molar-refractivity contribution in [1.29, 1.82) is 0 Å². The summed E-state index contributed by atoms with van der Waals surface area (Å²) in [5.41, 5.74) is 0.805. The second-order valence-corrected chi connectivity index (χ2v) is 4.49. The van der Waals surface area contributed by atoms with Gasteiger partial charge in [0.25, 0.3) is 0 Å². The Hall–Kier alpha value is -1.63. The molecular weight excluding hydrogens is 244 g/mol. The van der Waals surface area contributed by atoms with Crippen molar-refractivity contribution < 1.29 is 14.7 Å². The summed E-state index contributed by atoms with van der Waals surface area (Å²) < 4.78 is 1.50. The molecule has 0 aliphatic heterocycles. The first kappa shape index (κ1) is 13.4. The molecule has 2 N–H and O–H groups in total. The Morgan fingerprint density at radius 2 is 2.24 bits per heavy atom. The van der Waals surface area contributed by atoms with Crippen molar-refractivity contribution in [3.63, 3.8) is 0 Å². The van der Waals surface area contributed by atoms with E-state index in [1.54, 1.807) is 12.3 Å². The third-order valence-electron chi connectivity index (χ3n) is 2.29. The zero-order valence-electron chi connectivity index (χ0n) is 9.60. The Balaban J connectivity index is 2.49. The highest BCUT2D eigenvalue weighted by molar-refractivity contribution is 7.07. The van der Waals surface area contributed by atoms with Gasteiger partial charge in [0, 0.05) is 24.0 Å². The average molecular weight is 258 g/mol. The maximum atomic E-state index is 11.4. The fourth-order valence-corrected chi connectivity index (χ4v) is 2.02. The molecule has 1 atom stereocenters. The number of rotatable bonds is 5. The van der Waals surface area contributed by atoms with Gasteiger partial charge in [-0.3, -0.25) is 14.4 Å². The van der Waals surface area contributed by atoms with Crippen molar-refractivity contribution in [1.82, 2.24) is 9.88 Å². The predicted octanol–water partition coefficient (Wildman–Crippen LogP) is 0.198. The van der Waals surface area contributed by atoms with Crippen molar-refractivity contribution in [2.45, 2.75) is 32.9 Å². The molecule has 94 valence electrons. The number of nitrogens with one attached hydrogen (secondary N) is 1. The SMILES string of the molecule is Cc1csc(=O)n1CCC(=O)N[C@H](C)C(=O)O. The maximum Gasteiger partial charge on any atom is 0.325 e. The molecule has 0 aliphatic carbocycles. The van der Waals surface area contributed by atoms with Crippen LogP contribution in [0.5, 0.6) is 0 Å². The van der Waals surface area contributed by atoms with Crippen LogP contribution in [0.15, 0.2) is 10.2 Å². The first-order chi connectivity index (χ1) is 7.91. The Bertz CT molecular complexity index is 477. The number of carboxylic acids is 1. The van der Waals surface area contributed by atoms with Gasteiger partial charge in [-0.25, -0.2) is 0 Å². The second kappa shape index (κ2) is 5.62. The first-order valence-corrected chi connectivity index (χ1v) is 5.97. The fraction of sp³-hybridized carbons (Fsp3) is 0.500. The Kier molecular flexibility index (Phi) is 4.45. The summed E-state index contributed by atoms with van der Waals surface area (Å²) in [5.74, 6) is -1.46. The summed E-state index contributed by atoms with van der Waals surface area (Å²) in [7, 11) is 0. The molecule has 0 aromatic carbocycles. The van der Waals surface area contributed by atoms with Crippen LogP contribution in [0.2, 0.25) is 0 Å². The molecule has 0 aliphatic rings. The van der Waals surface area contributed by atoms with E-state index < -0.39 is 12.0 Å². The molecule has 0 fully saturated rings. The van der Waals surface area contributed by atoms with Crippen LogP contribution in [0.3, 0.4) is 0 Å². The Morgan fingerprint density at radius 3 is 2.71 bits per heavy atom. The molecule has 1 heterocycles. The lowest BCUT2D eigenvalue weighted by molar-refractivity contribution is -0.141. The number of amides is 1. The Morgan fingerprint density at radius 1 is 1.59 bits per heavy atom. The van der Waals surface area contributed by atoms with E-state index in [1.807, 2.05) is 0 Å². The van der Waals surface area contributed by atoms with Crippen molar-refractivity contribution >= 4 is 23.2 Å². The predicted molar refractivity (Wildman–Crippen MR) is 63.2 cm³/mol. The third-order valence-corrected chi connectivity index (χ3v) is 3.17. The van der Waals surface area contributed by atoms with Crippen LogP contribution < -0.4 is 10.2 Å². The van der Waals surface area contributed by atoms with Gasteiger partial charge in [0.05, 0.1) is 0 Å². The summed E-state index contributed by atoms with van der Waals surface area (Å²) in [6.07, 6.45) is 0.0924. The first-order valence-electron chi connectivity index (χ1n) is 5.09. The third kappa shape index (κ3) is 3.70. The van der Waals surface area contributed by atoms with Crippen LogP contribution in [0.25, 0.3) is 0 Å². The van der Waals surface area contributed by atoms with E-state index >= 15 is 0 Å². The largest absolute Gasteiger partial charge is 0.480 e. The maximum absolute atomic E-state index is 11.4. The lowest BCUT2D eigenvalue weighted by Gasteiger charge is -2.09. The van der Waals surface area contributed by atoms with E-state index in [4.69, 9.17) is 5.11 Å². The second-order valence-electron chi connectivity index (χ2n) is 3.67. The van der Waals surface area contributed by atoms with Gasteiger partial charge in [-0.15, -0.1) is 0 Å². The van der Waals surface area contributed by atoms with Crippen molar-refractivity contribution in [3.8, 4) is 0 Å². The number of carbonyl (C=O) groups excluding carboxylic acids is 1. The van der Waals surface area contributed by atoms with Crippen molar-refractivity contribution in [3.05, 3.63) is 20.7 Å². The van der Waals surface area contributed by atoms with Crippen LogP contribution in [0.1, 0.15) is 19.0 Å². The summed E-state index contributed by atoms with van der Waals surface area (Å²) in [5, 5.41) is 12.7. The molecule has 1 aromatic heterocycles. The number of thiazole rings is 1. The molecule has 0 saturated heterocycles. The number of carbonyl (C=O) groups is 2. The topological polar surface area (TPSA) is 88.4 Å². The quantitative estimate of drug-likeness (QED) is 0.789. The molecule has 0 saturated carbocycles. The van der Waals surface area contributed by atoms with Gasteiger partial charge in [-0.1, -0.05) is 11.3 Å². The zero-order valence-corrected chi connectivity index (χ0v) is 10.4. The lowest BCUT2D eigenvalue weighted by atomic mass is 10.3. The van der Waals surface area contributed by atoms with Crippen LogP contribution in [0.4, 0.5) is 0 Å². The van der Waals surface area contributed by atoms with Crippen LogP contribution >= 0.6 is 11.3 Å². The number of carboxylic acid groups (broad SMARTS) is 1. The molecule has 0 spiro atoms. The molecule has 7 heteroatoms. The molecule has 0 unspecified atom stereocenters. The van der Waals surface area contributed by atoms with Gasteiger partial charge in [0.15, 0.2) is 0 Å². The molecule has 6 nitrogen and oxygen atoms in total. The smallest absolute Gasteiger partial charge is 0.325 e. The van der Waals surface area contributed by atoms with Gasteiger partial charge in [0.1, 0.15) is 6.04 Å². The molecule has 1 rings (SSSR count). The number of aliphatic carboxylic acids is 1. The summed E-state index contributed by atoms with van der Waals surface area (Å²) in [4.78, 5) is 33.1. The number of aromatic nitrogens is 1. The molecule has 1 aromatic rings. The van der Waals surface area contributed by atoms with E-state index in [2.05, 4.69) is 5.32 Å². The highest BCUT2D eigenvalue weighted by atomic mass is 32.1. The summed E-state index contributed by atoms with van der Waals surface area (Å²) >= 11 is 1.08. The van der Waals surface area contributed by atoms with Gasteiger partial charge in [0.2, 0.25) is 5.91 Å². The lowest BCUT2D eigenvalue weighted by Crippen LogP contribution is -2.38. The summed E-state index contributed by atoms with van der Waals surface area (Å²) in [6, 6.07) is -0.914. The van der Waals surface area contributed by atoms with Gasteiger partial charge < -0.3 is 15.0 Å². The monoisotopic (exact) mass is 258 g/mol. The number of hydrogen-bond donors (Lipinski definition) is 2. The Labute approximate surface area is 102 Å². The number of aryl methyl sites for hydroxylation is 1. The van der Waals surface area contributed by atoms with E-state index in [9.17, 15) is 14.4 Å². The molecule has 17 heavy (non-hydrogen) atoms. The minimum atomic E-state index is -1.08. The standard InChI is InChI=1S/C10H14N2O4S/c1-6-5-17-10(16)12(6)4-3-8(13)11-7(2)9(14)15/h5,7H,3-4H2,1-2H3,(H,11,13)(H,14,15)/t7-/m1/s1. The molecule has 0 radical (unpaired) electrons. The minimum Gasteiger partial charge on any atom is -0.480 e. The summed E-state index contributed by atoms with van der Waals surface area (Å²) in [6.45, 7) is 3.45. The van der Waals surface area contributed by atoms with Crippen molar-refractivity contribution in [2.75, 3.05) is 0 Å². The van der Waals surface area contributed by atoms with E-state index in [1.165, 1.54) is 11.5 Å². The normalized spacial score (nSPS) is 12.1. The van der Waals surface area contributed by atoms with Gasteiger partial charge in [-0.2, -0.15) is 0 Å². The molecule has 0 bridgehead atoms. The highest BCUT2D eigenvalue weighted by Gasteiger charge is 2.14. The van der Waals surface area contributed by atoms with Crippen LogP contribution in [-0.2, 0) is 16.1 Å². The number of hydrogen-bond acceptors (Lipinski definition) is 4. The highest BCUT2D eigenvalue weighted by Crippen LogP contribution is 2.00. The average Bonchev–Trinajstić information content (AvgIpc) is 2.56. The van der Waals surface area contributed by atoms with Crippen LogP contribution in [-0.4, -0.2) is 27.6 Å². The van der Waals surface area contributed by atoms with E-state index in [0.29, 0.717) is 0 Å². The van der Waals surface area contributed by atoms with E-state index in [0.717, 1.165) is 17.0 Å². The number of nitrogens with zero attached hydrogens (tertiary/aromatic N) is 1. The zero-order chi connectivity index (χ0) is 13.0. The van der Waals surface area contributed by atoms with Crippen molar-refractivity contribution in [2.24, 2.45) is 0 Å². The van der Waals surface area contributed by atoms with Crippen LogP contribution in [0, 0.1) is 6.92 Å². The molecule has 1 amide bonds.